The third kappa shape index (κ3) is 2.30. The van der Waals surface area contributed by atoms with Crippen molar-refractivity contribution in [1.82, 2.24) is 9.97 Å². The summed E-state index contributed by atoms with van der Waals surface area (Å²) in [5.41, 5.74) is 9.12. The van der Waals surface area contributed by atoms with Gasteiger partial charge in [0.2, 0.25) is 0 Å². The smallest absolute Gasteiger partial charge is 0.138 e. The van der Waals surface area contributed by atoms with Gasteiger partial charge in [-0.15, -0.1) is 0 Å². The zero-order chi connectivity index (χ0) is 13.1. The highest BCUT2D eigenvalue weighted by molar-refractivity contribution is 5.86. The topological polar surface area (TPSA) is 63.9 Å². The van der Waals surface area contributed by atoms with Crippen LogP contribution in [0, 0.1) is 0 Å². The van der Waals surface area contributed by atoms with Gasteiger partial charge in [-0.25, -0.2) is 0 Å². The van der Waals surface area contributed by atoms with Gasteiger partial charge in [-0.2, -0.15) is 0 Å². The fourth-order valence-corrected chi connectivity index (χ4v) is 2.21. The van der Waals surface area contributed by atoms with Gasteiger partial charge in [0.05, 0.1) is 6.20 Å². The molecule has 0 aliphatic heterocycles. The lowest BCUT2D eigenvalue weighted by molar-refractivity contribution is 0.306. The van der Waals surface area contributed by atoms with Crippen LogP contribution in [0.4, 0.5) is 0 Å². The maximum Gasteiger partial charge on any atom is 0.138 e. The van der Waals surface area contributed by atoms with E-state index >= 15 is 0 Å². The number of H-pyrrole nitrogens is 1. The van der Waals surface area contributed by atoms with Crippen LogP contribution in [-0.2, 0) is 13.2 Å². The van der Waals surface area contributed by atoms with Crippen molar-refractivity contribution in [2.75, 3.05) is 0 Å². The van der Waals surface area contributed by atoms with Crippen molar-refractivity contribution in [2.45, 2.75) is 13.2 Å². The molecule has 3 aromatic rings. The van der Waals surface area contributed by atoms with Gasteiger partial charge < -0.3 is 15.5 Å². The van der Waals surface area contributed by atoms with Crippen LogP contribution in [0.3, 0.4) is 0 Å². The molecule has 0 spiro atoms. The monoisotopic (exact) mass is 253 g/mol. The fraction of sp³-hybridized carbons (Fsp3) is 0.133. The van der Waals surface area contributed by atoms with Crippen molar-refractivity contribution in [3.05, 3.63) is 60.0 Å². The van der Waals surface area contributed by atoms with Crippen LogP contribution in [0.2, 0.25) is 0 Å². The molecule has 96 valence electrons. The standard InChI is InChI=1S/C15H15N3O/c16-7-11-3-1-5-14-15(11)12(8-18-14)10-19-13-4-2-6-17-9-13/h1-6,8-9,18H,7,10,16H2. The van der Waals surface area contributed by atoms with E-state index in [1.807, 2.05) is 36.5 Å². The lowest BCUT2D eigenvalue weighted by Crippen LogP contribution is -1.99. The minimum Gasteiger partial charge on any atom is -0.487 e. The normalized spacial score (nSPS) is 10.8. The molecule has 0 unspecified atom stereocenters. The van der Waals surface area contributed by atoms with Crippen LogP contribution in [0.5, 0.6) is 5.75 Å². The highest BCUT2D eigenvalue weighted by Crippen LogP contribution is 2.23. The number of fused-ring (bicyclic) bond motifs is 1. The van der Waals surface area contributed by atoms with Crippen molar-refractivity contribution in [2.24, 2.45) is 5.73 Å². The lowest BCUT2D eigenvalue weighted by Gasteiger charge is -2.06. The second-order valence-corrected chi connectivity index (χ2v) is 4.34. The second-order valence-electron chi connectivity index (χ2n) is 4.34. The van der Waals surface area contributed by atoms with Crippen LogP contribution >= 0.6 is 0 Å². The molecular formula is C15H15N3O. The molecule has 0 aliphatic rings. The van der Waals surface area contributed by atoms with E-state index in [2.05, 4.69) is 9.97 Å². The Morgan fingerprint density at radius 3 is 2.89 bits per heavy atom. The summed E-state index contributed by atoms with van der Waals surface area (Å²) in [6.45, 7) is 1.03. The van der Waals surface area contributed by atoms with Crippen LogP contribution in [0.15, 0.2) is 48.9 Å². The Labute approximate surface area is 111 Å². The van der Waals surface area contributed by atoms with Crippen LogP contribution < -0.4 is 10.5 Å². The molecule has 0 fully saturated rings. The average Bonchev–Trinajstić information content (AvgIpc) is 2.89. The third-order valence-electron chi connectivity index (χ3n) is 3.12. The summed E-state index contributed by atoms with van der Waals surface area (Å²) in [6, 6.07) is 9.85. The maximum atomic E-state index is 5.79. The first-order chi connectivity index (χ1) is 9.38. The molecule has 2 aromatic heterocycles. The lowest BCUT2D eigenvalue weighted by atomic mass is 10.1. The average molecular weight is 253 g/mol. The first kappa shape index (κ1) is 11.7. The van der Waals surface area contributed by atoms with E-state index < -0.39 is 0 Å². The van der Waals surface area contributed by atoms with Crippen molar-refractivity contribution < 1.29 is 4.74 Å². The Balaban J connectivity index is 1.89. The highest BCUT2D eigenvalue weighted by Gasteiger charge is 2.08. The van der Waals surface area contributed by atoms with Gasteiger partial charge in [0, 0.05) is 35.4 Å². The van der Waals surface area contributed by atoms with E-state index in [9.17, 15) is 0 Å². The molecule has 0 radical (unpaired) electrons. The minimum absolute atomic E-state index is 0.503. The summed E-state index contributed by atoms with van der Waals surface area (Å²) >= 11 is 0. The zero-order valence-corrected chi connectivity index (χ0v) is 10.5. The van der Waals surface area contributed by atoms with Gasteiger partial charge in [0.15, 0.2) is 0 Å². The predicted octanol–water partition coefficient (Wildman–Crippen LogP) is 2.60. The molecule has 3 rings (SSSR count). The molecule has 0 saturated heterocycles. The molecule has 0 saturated carbocycles. The Bertz CT molecular complexity index is 676. The van der Waals surface area contributed by atoms with Crippen molar-refractivity contribution >= 4 is 10.9 Å². The van der Waals surface area contributed by atoms with Crippen molar-refractivity contribution in [3.63, 3.8) is 0 Å². The summed E-state index contributed by atoms with van der Waals surface area (Å²) in [7, 11) is 0. The first-order valence-corrected chi connectivity index (χ1v) is 6.19. The molecular weight excluding hydrogens is 238 g/mol. The van der Waals surface area contributed by atoms with Gasteiger partial charge in [0.1, 0.15) is 12.4 Å². The first-order valence-electron chi connectivity index (χ1n) is 6.19. The van der Waals surface area contributed by atoms with Gasteiger partial charge >= 0.3 is 0 Å². The van der Waals surface area contributed by atoms with Crippen LogP contribution in [0.1, 0.15) is 11.1 Å². The Kier molecular flexibility index (Phi) is 3.16. The maximum absolute atomic E-state index is 5.79. The highest BCUT2D eigenvalue weighted by atomic mass is 16.5. The number of hydrogen-bond donors (Lipinski definition) is 2. The molecule has 19 heavy (non-hydrogen) atoms. The number of rotatable bonds is 4. The van der Waals surface area contributed by atoms with Gasteiger partial charge in [-0.05, 0) is 23.8 Å². The number of hydrogen-bond acceptors (Lipinski definition) is 3. The molecule has 4 heteroatoms. The fourth-order valence-electron chi connectivity index (χ4n) is 2.21. The minimum atomic E-state index is 0.503. The van der Waals surface area contributed by atoms with E-state index in [1.54, 1.807) is 12.4 Å². The molecule has 0 amide bonds. The summed E-state index contributed by atoms with van der Waals surface area (Å²) < 4.78 is 5.73. The van der Waals surface area contributed by atoms with E-state index in [1.165, 1.54) is 0 Å². The number of ether oxygens (including phenoxy) is 1. The zero-order valence-electron chi connectivity index (χ0n) is 10.5. The summed E-state index contributed by atoms with van der Waals surface area (Å²) in [4.78, 5) is 7.28. The quantitative estimate of drug-likeness (QED) is 0.751. The molecule has 0 atom stereocenters. The van der Waals surface area contributed by atoms with E-state index in [-0.39, 0.29) is 0 Å². The Morgan fingerprint density at radius 2 is 2.11 bits per heavy atom. The number of aromatic nitrogens is 2. The SMILES string of the molecule is NCc1cccc2[nH]cc(COc3cccnc3)c12. The number of pyridine rings is 1. The largest absolute Gasteiger partial charge is 0.487 e. The Morgan fingerprint density at radius 1 is 1.16 bits per heavy atom. The number of benzene rings is 1. The molecule has 3 N–H and O–H groups in total. The number of nitrogens with one attached hydrogen (secondary N) is 1. The Hall–Kier alpha value is -2.33. The van der Waals surface area contributed by atoms with E-state index in [0.717, 1.165) is 27.8 Å². The molecule has 4 nitrogen and oxygen atoms in total. The number of nitrogens with two attached hydrogens (primary N) is 1. The van der Waals surface area contributed by atoms with Crippen LogP contribution in [-0.4, -0.2) is 9.97 Å². The van der Waals surface area contributed by atoms with Gasteiger partial charge in [-0.1, -0.05) is 12.1 Å². The molecule has 0 bridgehead atoms. The molecule has 1 aromatic carbocycles. The summed E-state index contributed by atoms with van der Waals surface area (Å²) in [6.07, 6.45) is 5.41. The molecule has 0 aliphatic carbocycles. The van der Waals surface area contributed by atoms with Gasteiger partial charge in [0.25, 0.3) is 0 Å². The van der Waals surface area contributed by atoms with Crippen molar-refractivity contribution in [3.8, 4) is 5.75 Å². The molecule has 2 heterocycles. The van der Waals surface area contributed by atoms with Crippen molar-refractivity contribution in [1.29, 1.82) is 0 Å². The summed E-state index contributed by atoms with van der Waals surface area (Å²) in [5.74, 6) is 0.766. The third-order valence-corrected chi connectivity index (χ3v) is 3.12. The van der Waals surface area contributed by atoms with E-state index in [4.69, 9.17) is 10.5 Å². The predicted molar refractivity (Wildman–Crippen MR) is 74.8 cm³/mol. The van der Waals surface area contributed by atoms with Gasteiger partial charge in [-0.3, -0.25) is 4.98 Å². The number of nitrogens with zero attached hydrogens (tertiary/aromatic N) is 1. The van der Waals surface area contributed by atoms with E-state index in [0.29, 0.717) is 13.2 Å². The number of aromatic amines is 1. The second kappa shape index (κ2) is 5.12. The van der Waals surface area contributed by atoms with Crippen LogP contribution in [0.25, 0.3) is 10.9 Å². The summed E-state index contributed by atoms with van der Waals surface area (Å²) in [5, 5.41) is 1.16.